The van der Waals surface area contributed by atoms with Crippen molar-refractivity contribution in [2.45, 2.75) is 68.4 Å². The lowest BCUT2D eigenvalue weighted by Gasteiger charge is -2.23. The van der Waals surface area contributed by atoms with Gasteiger partial charge in [-0.1, -0.05) is 46.4 Å². The molecule has 0 heterocycles. The zero-order valence-corrected chi connectivity index (χ0v) is 19.1. The summed E-state index contributed by atoms with van der Waals surface area (Å²) in [5, 5.41) is 0. The van der Waals surface area contributed by atoms with Gasteiger partial charge < -0.3 is 9.64 Å². The summed E-state index contributed by atoms with van der Waals surface area (Å²) in [6.07, 6.45) is 8.04. The fraction of sp³-hybridized carbons (Fsp3) is 0.478. The van der Waals surface area contributed by atoms with Gasteiger partial charge in [-0.3, -0.25) is 9.79 Å². The summed E-state index contributed by atoms with van der Waals surface area (Å²) < 4.78 is 5.80. The molecule has 0 saturated heterocycles. The Morgan fingerprint density at radius 3 is 1.96 bits per heavy atom. The van der Waals surface area contributed by atoms with Gasteiger partial charge in [-0.2, -0.15) is 0 Å². The number of rotatable bonds is 8. The number of nitrogens with zero attached hydrogens (tertiary/aromatic N) is 2. The van der Waals surface area contributed by atoms with Crippen LogP contribution < -0.4 is 0 Å². The predicted molar refractivity (Wildman–Crippen MR) is 121 cm³/mol. The number of allylic oxidation sites excluding steroid dienone is 4. The van der Waals surface area contributed by atoms with Gasteiger partial charge in [-0.25, -0.2) is 0 Å². The molecule has 0 saturated carbocycles. The van der Waals surface area contributed by atoms with Crippen LogP contribution in [0.2, 0.25) is 0 Å². The molecule has 1 amide bonds. The highest BCUT2D eigenvalue weighted by molar-refractivity contribution is 5.97. The number of hydrogen-bond donors (Lipinski definition) is 0. The van der Waals surface area contributed by atoms with Gasteiger partial charge in [0.05, 0.1) is 11.8 Å². The summed E-state index contributed by atoms with van der Waals surface area (Å²) in [5.74, 6) is 0.791. The minimum atomic E-state index is -0.118. The zero-order valence-electron chi connectivity index (χ0n) is 19.1. The lowest BCUT2D eigenvalue weighted by atomic mass is 10.1. The van der Waals surface area contributed by atoms with Gasteiger partial charge in [-0.15, -0.1) is 0 Å². The lowest BCUT2D eigenvalue weighted by molar-refractivity contribution is -0.127. The highest BCUT2D eigenvalue weighted by Crippen LogP contribution is 2.18. The Morgan fingerprint density at radius 2 is 1.63 bits per heavy atom. The van der Waals surface area contributed by atoms with Crippen LogP contribution in [-0.4, -0.2) is 30.1 Å². The molecule has 27 heavy (non-hydrogen) atoms. The van der Waals surface area contributed by atoms with Gasteiger partial charge in [0.2, 0.25) is 0 Å². The molecule has 0 unspecified atom stereocenters. The second-order valence-electron chi connectivity index (χ2n) is 5.47. The Balaban J connectivity index is -0.00000134. The Labute approximate surface area is 167 Å². The molecule has 4 heteroatoms. The molecular formula is C23H40N2O2. The van der Waals surface area contributed by atoms with Crippen molar-refractivity contribution in [2.75, 3.05) is 7.05 Å². The number of ether oxygens (including phenoxy) is 1. The van der Waals surface area contributed by atoms with Crippen molar-refractivity contribution < 1.29 is 9.53 Å². The van der Waals surface area contributed by atoms with Crippen molar-refractivity contribution in [2.24, 2.45) is 4.99 Å². The molecule has 0 bridgehead atoms. The van der Waals surface area contributed by atoms with E-state index < -0.39 is 0 Å². The van der Waals surface area contributed by atoms with Crippen molar-refractivity contribution in [1.29, 1.82) is 0 Å². The molecule has 0 aliphatic rings. The molecule has 0 aromatic rings. The van der Waals surface area contributed by atoms with Gasteiger partial charge in [0, 0.05) is 19.3 Å². The van der Waals surface area contributed by atoms with E-state index in [2.05, 4.69) is 18.2 Å². The van der Waals surface area contributed by atoms with Crippen LogP contribution in [-0.2, 0) is 9.53 Å². The molecule has 154 valence electrons. The number of hydrogen-bond acceptors (Lipinski definition) is 3. The highest BCUT2D eigenvalue weighted by atomic mass is 16.5. The largest absolute Gasteiger partial charge is 0.455 e. The summed E-state index contributed by atoms with van der Waals surface area (Å²) in [6, 6.07) is 0.0812. The van der Waals surface area contributed by atoms with E-state index in [4.69, 9.17) is 4.74 Å². The van der Waals surface area contributed by atoms with E-state index in [0.29, 0.717) is 17.1 Å². The first-order valence-electron chi connectivity index (χ1n) is 9.55. The average molecular weight is 377 g/mol. The standard InChI is InChI=1S/C19H28N2O2.2C2H6/c1-9-16(13-20-11-3)23-18(10-2)17(12-14(4)5)19(22)21(8)15(6)7;2*1-2/h9-13,15H,2-3H2,1,4-8H3;2*1-2H3/b16-9+,18-17-,20-13?;;. The first-order chi connectivity index (χ1) is 12.8. The molecule has 0 N–H and O–H groups in total. The van der Waals surface area contributed by atoms with Crippen molar-refractivity contribution in [3.05, 3.63) is 60.3 Å². The maximum atomic E-state index is 12.7. The summed E-state index contributed by atoms with van der Waals surface area (Å²) in [6.45, 7) is 24.9. The topological polar surface area (TPSA) is 41.9 Å². The van der Waals surface area contributed by atoms with Crippen molar-refractivity contribution in [3.63, 3.8) is 0 Å². The summed E-state index contributed by atoms with van der Waals surface area (Å²) in [5.41, 5.74) is 1.46. The van der Waals surface area contributed by atoms with Crippen molar-refractivity contribution in [1.82, 2.24) is 4.90 Å². The SMILES string of the molecule is C=CN=C/C(=C\C)O/C(C=C)=C(/C=C(C)C)C(=O)N(C)C(C)C.CC.CC. The van der Waals surface area contributed by atoms with E-state index in [9.17, 15) is 4.79 Å². The monoisotopic (exact) mass is 376 g/mol. The van der Waals surface area contributed by atoms with E-state index in [1.54, 1.807) is 24.1 Å². The van der Waals surface area contributed by atoms with Crippen LogP contribution in [0.1, 0.15) is 62.3 Å². The molecule has 0 aliphatic heterocycles. The molecule has 0 rings (SSSR count). The quantitative estimate of drug-likeness (QED) is 0.211. The predicted octanol–water partition coefficient (Wildman–Crippen LogP) is 6.45. The number of amides is 1. The molecule has 0 radical (unpaired) electrons. The number of carbonyl (C=O) groups is 1. The van der Waals surface area contributed by atoms with Crippen molar-refractivity contribution in [3.8, 4) is 0 Å². The fourth-order valence-electron chi connectivity index (χ4n) is 1.57. The molecule has 0 atom stereocenters. The first-order valence-corrected chi connectivity index (χ1v) is 9.55. The van der Waals surface area contributed by atoms with E-state index in [1.807, 2.05) is 62.3 Å². The summed E-state index contributed by atoms with van der Waals surface area (Å²) in [7, 11) is 1.77. The van der Waals surface area contributed by atoms with Crippen molar-refractivity contribution >= 4 is 12.1 Å². The van der Waals surface area contributed by atoms with Crippen LogP contribution in [0.4, 0.5) is 0 Å². The van der Waals surface area contributed by atoms with Crippen LogP contribution >= 0.6 is 0 Å². The van der Waals surface area contributed by atoms with Gasteiger partial charge in [0.25, 0.3) is 5.91 Å². The number of likely N-dealkylation sites (N-methyl/N-ethyl adjacent to an activating group) is 1. The number of carbonyl (C=O) groups excluding carboxylic acids is 1. The van der Waals surface area contributed by atoms with Gasteiger partial charge in [-0.05, 0) is 52.8 Å². The molecule has 0 fully saturated rings. The zero-order chi connectivity index (χ0) is 22.0. The second kappa shape index (κ2) is 18.4. The summed E-state index contributed by atoms with van der Waals surface area (Å²) in [4.78, 5) is 18.3. The molecule has 0 aromatic carbocycles. The lowest BCUT2D eigenvalue weighted by Crippen LogP contribution is -2.34. The third-order valence-corrected chi connectivity index (χ3v) is 3.03. The minimum absolute atomic E-state index is 0.0812. The minimum Gasteiger partial charge on any atom is -0.455 e. The highest BCUT2D eigenvalue weighted by Gasteiger charge is 2.20. The molecule has 0 aromatic heterocycles. The van der Waals surface area contributed by atoms with E-state index in [1.165, 1.54) is 18.5 Å². The van der Waals surface area contributed by atoms with Crippen LogP contribution in [0.25, 0.3) is 0 Å². The van der Waals surface area contributed by atoms with Gasteiger partial charge in [0.1, 0.15) is 11.5 Å². The Hall–Kier alpha value is -2.36. The van der Waals surface area contributed by atoms with Gasteiger partial charge >= 0.3 is 0 Å². The molecule has 0 aliphatic carbocycles. The third-order valence-electron chi connectivity index (χ3n) is 3.03. The second-order valence-corrected chi connectivity index (χ2v) is 5.47. The smallest absolute Gasteiger partial charge is 0.257 e. The van der Waals surface area contributed by atoms with E-state index in [-0.39, 0.29) is 11.9 Å². The van der Waals surface area contributed by atoms with Crippen LogP contribution in [0.5, 0.6) is 0 Å². The van der Waals surface area contributed by atoms with E-state index in [0.717, 1.165) is 5.57 Å². The van der Waals surface area contributed by atoms with Crippen LogP contribution in [0, 0.1) is 0 Å². The van der Waals surface area contributed by atoms with Gasteiger partial charge in [0.15, 0.2) is 0 Å². The Kier molecular flexibility index (Phi) is 20.1. The summed E-state index contributed by atoms with van der Waals surface area (Å²) >= 11 is 0. The van der Waals surface area contributed by atoms with Crippen LogP contribution in [0.15, 0.2) is 65.2 Å². The molecular weight excluding hydrogens is 336 g/mol. The first kappa shape index (κ1) is 29.4. The number of aliphatic imine (C=N–C) groups is 1. The Bertz CT molecular complexity index is 561. The third kappa shape index (κ3) is 12.6. The normalized spacial score (nSPS) is 11.3. The van der Waals surface area contributed by atoms with Crippen LogP contribution in [0.3, 0.4) is 0 Å². The maximum absolute atomic E-state index is 12.7. The average Bonchev–Trinajstić information content (AvgIpc) is 2.68. The molecule has 4 nitrogen and oxygen atoms in total. The molecule has 0 spiro atoms. The fourth-order valence-corrected chi connectivity index (χ4v) is 1.57. The maximum Gasteiger partial charge on any atom is 0.257 e. The van der Waals surface area contributed by atoms with E-state index >= 15 is 0 Å². The Morgan fingerprint density at radius 1 is 1.11 bits per heavy atom.